The second-order valence-electron chi connectivity index (χ2n) is 18.5. The van der Waals surface area contributed by atoms with E-state index in [0.717, 1.165) is 22.6 Å². The van der Waals surface area contributed by atoms with Crippen LogP contribution in [0, 0.1) is 34.5 Å². The molecule has 6 atom stereocenters. The monoisotopic (exact) mass is 1040 g/mol. The summed E-state index contributed by atoms with van der Waals surface area (Å²) in [4.78, 5) is 34.2. The molecule has 0 bridgehead atoms. The maximum Gasteiger partial charge on any atom is 0.360 e. The normalized spacial score (nSPS) is 14.6. The highest BCUT2D eigenvalue weighted by Crippen LogP contribution is 2.35. The number of methoxy groups -OCH3 is 5. The quantitative estimate of drug-likeness (QED) is 0.0308. The Balaban J connectivity index is 1.40. The first-order chi connectivity index (χ1) is 36.6. The Labute approximate surface area is 448 Å². The van der Waals surface area contributed by atoms with Crippen LogP contribution in [0.25, 0.3) is 0 Å². The summed E-state index contributed by atoms with van der Waals surface area (Å²) in [7, 11) is 7.63. The molecule has 2 aromatic heterocycles. The van der Waals surface area contributed by atoms with Crippen LogP contribution in [-0.2, 0) is 54.5 Å². The number of hydrogen-bond donors (Lipinski definition) is 1. The van der Waals surface area contributed by atoms with Crippen LogP contribution < -0.4 is 9.47 Å². The lowest BCUT2D eigenvalue weighted by Gasteiger charge is -2.38. The third-order valence-corrected chi connectivity index (χ3v) is 12.4. The fraction of sp³-hybridized carbons (Fsp3) is 0.410. The van der Waals surface area contributed by atoms with Gasteiger partial charge in [-0.2, -0.15) is 0 Å². The van der Waals surface area contributed by atoms with Crippen molar-refractivity contribution >= 4 is 11.9 Å². The number of carbonyl (C=O) groups excluding carboxylic acids is 2. The predicted octanol–water partition coefficient (Wildman–Crippen LogP) is 10.6. The van der Waals surface area contributed by atoms with Gasteiger partial charge in [-0.25, -0.2) is 19.6 Å². The minimum absolute atomic E-state index is 0.000347. The first-order valence-corrected chi connectivity index (χ1v) is 24.9. The molecule has 0 aliphatic rings. The number of aromatic nitrogens is 2. The van der Waals surface area contributed by atoms with Crippen molar-refractivity contribution in [1.29, 1.82) is 0 Å². The Morgan fingerprint density at radius 1 is 0.605 bits per heavy atom. The predicted molar refractivity (Wildman–Crippen MR) is 290 cm³/mol. The van der Waals surface area contributed by atoms with Crippen molar-refractivity contribution in [2.24, 2.45) is 10.8 Å². The van der Waals surface area contributed by atoms with Gasteiger partial charge in [0, 0.05) is 31.5 Å². The number of carbonyl (C=O) groups is 2. The van der Waals surface area contributed by atoms with Crippen LogP contribution in [0.3, 0.4) is 0 Å². The van der Waals surface area contributed by atoms with Crippen molar-refractivity contribution in [3.05, 3.63) is 168 Å². The number of aliphatic hydroxyl groups is 1. The fourth-order valence-corrected chi connectivity index (χ4v) is 7.49. The number of hydrogen-bond acceptors (Lipinski definition) is 15. The van der Waals surface area contributed by atoms with E-state index in [2.05, 4.69) is 33.6 Å². The van der Waals surface area contributed by atoms with Crippen LogP contribution in [-0.4, -0.2) is 99.2 Å². The summed E-state index contributed by atoms with van der Waals surface area (Å²) in [6.45, 7) is 12.5. The van der Waals surface area contributed by atoms with E-state index in [9.17, 15) is 14.7 Å². The lowest BCUT2D eigenvalue weighted by molar-refractivity contribution is -0.0766. The second kappa shape index (κ2) is 32.3. The number of benzene rings is 2. The van der Waals surface area contributed by atoms with Crippen molar-refractivity contribution in [2.75, 3.05) is 35.5 Å². The molecule has 0 aliphatic heterocycles. The third-order valence-electron chi connectivity index (χ3n) is 12.4. The highest BCUT2D eigenvalue weighted by molar-refractivity contribution is 5.87. The first-order valence-electron chi connectivity index (χ1n) is 24.9. The molecule has 1 N–H and O–H groups in total. The Kier molecular flexibility index (Phi) is 26.0. The third kappa shape index (κ3) is 19.8. The van der Waals surface area contributed by atoms with Gasteiger partial charge in [0.15, 0.2) is 23.2 Å². The summed E-state index contributed by atoms with van der Waals surface area (Å²) < 4.78 is 56.6. The SMILES string of the molecule is C/C=C/[C@H](OCc1ccc(OC)cc1)C(C)(C)[C@H](C/C=C\C#C/C=C/[C@@H](Cc1nc(C(=O)OC)co1)OC)OC(=O)c1coc(C[C@H](/C=C/C#C/C=C\C[C@H](O)C(C)(C)[C@H](/C=C/C)OCc2ccc(OC)cc2)OC)n1. The van der Waals surface area contributed by atoms with Crippen molar-refractivity contribution in [2.45, 2.75) is 117 Å². The number of allylic oxidation sites excluding steroid dienone is 6. The number of rotatable bonds is 29. The van der Waals surface area contributed by atoms with E-state index < -0.39 is 53.3 Å². The van der Waals surface area contributed by atoms with Crippen LogP contribution >= 0.6 is 0 Å². The van der Waals surface area contributed by atoms with E-state index in [1.807, 2.05) is 127 Å². The van der Waals surface area contributed by atoms with E-state index in [1.54, 1.807) is 64.9 Å². The molecule has 4 rings (SSSR count). The molecule has 0 saturated heterocycles. The Bertz CT molecular complexity index is 2700. The van der Waals surface area contributed by atoms with Gasteiger partial charge in [-0.05, 0) is 92.1 Å². The minimum atomic E-state index is -0.764. The molecule has 0 spiro atoms. The van der Waals surface area contributed by atoms with Crippen LogP contribution in [0.2, 0.25) is 0 Å². The molecule has 4 aromatic rings. The molecule has 406 valence electrons. The zero-order valence-electron chi connectivity index (χ0n) is 45.6. The number of oxazole rings is 2. The minimum Gasteiger partial charge on any atom is -0.497 e. The van der Waals surface area contributed by atoms with E-state index in [0.29, 0.717) is 31.9 Å². The maximum absolute atomic E-state index is 13.9. The van der Waals surface area contributed by atoms with Crippen LogP contribution in [0.5, 0.6) is 11.5 Å². The van der Waals surface area contributed by atoms with Crippen molar-refractivity contribution in [1.82, 2.24) is 9.97 Å². The summed E-state index contributed by atoms with van der Waals surface area (Å²) >= 11 is 0. The summed E-state index contributed by atoms with van der Waals surface area (Å²) in [6.07, 6.45) is 22.3. The molecular weight excluding hydrogens is 969 g/mol. The molecule has 15 heteroatoms. The van der Waals surface area contributed by atoms with Gasteiger partial charge in [0.25, 0.3) is 0 Å². The summed E-state index contributed by atoms with van der Waals surface area (Å²) in [5, 5.41) is 11.2. The second-order valence-corrected chi connectivity index (χ2v) is 18.5. The van der Waals surface area contributed by atoms with Gasteiger partial charge in [0.2, 0.25) is 0 Å². The smallest absolute Gasteiger partial charge is 0.360 e. The zero-order valence-corrected chi connectivity index (χ0v) is 45.6. The lowest BCUT2D eigenvalue weighted by atomic mass is 9.78. The Morgan fingerprint density at radius 2 is 1.04 bits per heavy atom. The van der Waals surface area contributed by atoms with Gasteiger partial charge in [-0.15, -0.1) is 0 Å². The number of esters is 2. The number of nitrogens with zero attached hydrogens (tertiary/aromatic N) is 2. The highest BCUT2D eigenvalue weighted by Gasteiger charge is 2.40. The van der Waals surface area contributed by atoms with Gasteiger partial charge in [0.05, 0.1) is 77.9 Å². The molecule has 15 nitrogen and oxygen atoms in total. The summed E-state index contributed by atoms with van der Waals surface area (Å²) in [6, 6.07) is 15.3. The van der Waals surface area contributed by atoms with Crippen molar-refractivity contribution in [3.63, 3.8) is 0 Å². The average Bonchev–Trinajstić information content (AvgIpc) is 4.11. The fourth-order valence-electron chi connectivity index (χ4n) is 7.49. The van der Waals surface area contributed by atoms with E-state index in [-0.39, 0.29) is 36.2 Å². The lowest BCUT2D eigenvalue weighted by Crippen LogP contribution is -2.43. The average molecular weight is 1040 g/mol. The molecule has 76 heavy (non-hydrogen) atoms. The van der Waals surface area contributed by atoms with Gasteiger partial charge in [-0.3, -0.25) is 0 Å². The highest BCUT2D eigenvalue weighted by atomic mass is 16.6. The van der Waals surface area contributed by atoms with E-state index in [1.165, 1.54) is 19.6 Å². The molecule has 0 unspecified atom stereocenters. The molecule has 0 saturated carbocycles. The molecule has 2 heterocycles. The van der Waals surface area contributed by atoms with E-state index in [4.69, 9.17) is 46.7 Å². The number of ether oxygens (including phenoxy) is 8. The van der Waals surface area contributed by atoms with Crippen molar-refractivity contribution < 1.29 is 61.4 Å². The van der Waals surface area contributed by atoms with Gasteiger partial charge in [-0.1, -0.05) is 112 Å². The first kappa shape index (κ1) is 61.3. The molecule has 0 aliphatic carbocycles. The van der Waals surface area contributed by atoms with Crippen molar-refractivity contribution in [3.8, 4) is 35.2 Å². The molecule has 0 fully saturated rings. The molecule has 2 aromatic carbocycles. The molecule has 0 amide bonds. The molecular formula is C61H74N2O13. The van der Waals surface area contributed by atoms with Gasteiger partial charge in [0.1, 0.15) is 30.1 Å². The zero-order chi connectivity index (χ0) is 55.4. The largest absolute Gasteiger partial charge is 0.497 e. The van der Waals surface area contributed by atoms with Crippen LogP contribution in [0.1, 0.15) is 98.3 Å². The molecule has 0 radical (unpaired) electrons. The summed E-state index contributed by atoms with van der Waals surface area (Å²) in [5.41, 5.74) is 0.673. The standard InChI is InChI=1S/C61H74N2O13/c1-12-24-53(72-40-44-30-34-46(67-7)35-31-44)60(3,4)52(64)28-22-18-14-16-20-26-49(70-10)39-57-63-51(43-75-57)59(66)76-55(61(5,6)54(25-13-2)73-41-45-32-36-47(68-8)37-33-45)29-23-19-15-17-21-27-48(69-9)38-56-62-50(42-74-56)58(65)71-11/h12-13,18-27,30-37,42-43,48-49,52-55,64H,28-29,38-41H2,1-11H3/b22-18-,23-19-,24-12+,25-13+,26-20+,27-21+/t48-,49-,52-,53-,54-,55-/m0/s1. The topological polar surface area (TPSA) is 180 Å². The van der Waals surface area contributed by atoms with Gasteiger partial charge >= 0.3 is 11.9 Å². The maximum atomic E-state index is 13.9. The van der Waals surface area contributed by atoms with Gasteiger partial charge < -0.3 is 51.8 Å². The van der Waals surface area contributed by atoms with Crippen LogP contribution in [0.4, 0.5) is 0 Å². The van der Waals surface area contributed by atoms with Crippen LogP contribution in [0.15, 0.2) is 143 Å². The Hall–Kier alpha value is -7.24. The number of aliphatic hydroxyl groups excluding tert-OH is 1. The summed E-state index contributed by atoms with van der Waals surface area (Å²) in [5.74, 6) is 12.8. The Morgan fingerprint density at radius 3 is 1.47 bits per heavy atom. The van der Waals surface area contributed by atoms with E-state index >= 15 is 0 Å².